The Kier molecular flexibility index (Phi) is 3.09. The first kappa shape index (κ1) is 11.1. The summed E-state index contributed by atoms with van der Waals surface area (Å²) in [5.74, 6) is 0. The molecule has 2 aliphatic carbocycles. The highest BCUT2D eigenvalue weighted by Crippen LogP contribution is 2.58. The Balaban J connectivity index is 0.000000845. The molecule has 78 valence electrons. The molecule has 2 aliphatic rings. The average molecular weight is 182 g/mol. The second-order valence-electron chi connectivity index (χ2n) is 5.54. The lowest BCUT2D eigenvalue weighted by Gasteiger charge is -2.53. The molecule has 2 fully saturated rings. The van der Waals surface area contributed by atoms with Crippen molar-refractivity contribution in [1.29, 1.82) is 0 Å². The van der Waals surface area contributed by atoms with Crippen molar-refractivity contribution < 1.29 is 0 Å². The van der Waals surface area contributed by atoms with Gasteiger partial charge in [0.1, 0.15) is 0 Å². The predicted octanol–water partition coefficient (Wildman–Crippen LogP) is 4.78. The van der Waals surface area contributed by atoms with Gasteiger partial charge in [0.2, 0.25) is 0 Å². The highest BCUT2D eigenvalue weighted by Gasteiger charge is 2.46. The smallest absolute Gasteiger partial charge is 0.0272 e. The zero-order valence-corrected chi connectivity index (χ0v) is 8.66. The van der Waals surface area contributed by atoms with Crippen LogP contribution >= 0.6 is 0 Å². The van der Waals surface area contributed by atoms with Gasteiger partial charge in [0.05, 0.1) is 0 Å². The molecule has 0 atom stereocenters. The molecule has 0 amide bonds. The molecule has 0 heteroatoms. The molecule has 13 heavy (non-hydrogen) atoms. The summed E-state index contributed by atoms with van der Waals surface area (Å²) in [5, 5.41) is 0. The summed E-state index contributed by atoms with van der Waals surface area (Å²) in [6, 6.07) is 0. The maximum Gasteiger partial charge on any atom is -0.0272 e. The molecule has 0 nitrogen and oxygen atoms in total. The van der Waals surface area contributed by atoms with Gasteiger partial charge in [0, 0.05) is 0 Å². The highest BCUT2D eigenvalue weighted by atomic mass is 14.5. The Morgan fingerprint density at radius 1 is 0.615 bits per heavy atom. The number of rotatable bonds is 0. The Hall–Kier alpha value is 0. The van der Waals surface area contributed by atoms with Crippen LogP contribution in [-0.4, -0.2) is 0 Å². The van der Waals surface area contributed by atoms with E-state index in [1.165, 1.54) is 51.4 Å². The van der Waals surface area contributed by atoms with Crippen LogP contribution in [0.15, 0.2) is 0 Å². The van der Waals surface area contributed by atoms with Crippen LogP contribution in [0.2, 0.25) is 0 Å². The molecule has 0 spiro atoms. The molecule has 2 saturated carbocycles. The normalized spacial score (nSPS) is 44.8. The Bertz CT molecular complexity index is 137. The van der Waals surface area contributed by atoms with E-state index in [9.17, 15) is 0 Å². The lowest BCUT2D eigenvalue weighted by Crippen LogP contribution is -2.42. The monoisotopic (exact) mass is 182 g/mol. The molecule has 0 radical (unpaired) electrons. The van der Waals surface area contributed by atoms with Crippen molar-refractivity contribution in [3.05, 3.63) is 0 Å². The van der Waals surface area contributed by atoms with Crippen LogP contribution in [0.4, 0.5) is 0 Å². The largest absolute Gasteiger partial charge is 0.0776 e. The summed E-state index contributed by atoms with van der Waals surface area (Å²) in [7, 11) is 0. The Labute approximate surface area is 84.1 Å². The molecule has 0 bridgehead atoms. The van der Waals surface area contributed by atoms with Crippen molar-refractivity contribution in [2.24, 2.45) is 10.8 Å². The molecule has 0 unspecified atom stereocenters. The third-order valence-corrected chi connectivity index (χ3v) is 4.87. The van der Waals surface area contributed by atoms with Gasteiger partial charge in [-0.3, -0.25) is 0 Å². The van der Waals surface area contributed by atoms with Crippen molar-refractivity contribution in [1.82, 2.24) is 0 Å². The zero-order chi connectivity index (χ0) is 8.66. The highest BCUT2D eigenvalue weighted by molar-refractivity contribution is 4.97. The van der Waals surface area contributed by atoms with Crippen molar-refractivity contribution in [2.75, 3.05) is 0 Å². The molecule has 2 rings (SSSR count). The van der Waals surface area contributed by atoms with Gasteiger partial charge in [-0.2, -0.15) is 0 Å². The topological polar surface area (TPSA) is 0 Å². The average Bonchev–Trinajstić information content (AvgIpc) is 2.05. The molecule has 0 N–H and O–H groups in total. The summed E-state index contributed by atoms with van der Waals surface area (Å²) in [6.45, 7) is 5.09. The van der Waals surface area contributed by atoms with Crippen LogP contribution in [0.5, 0.6) is 0 Å². The molecular weight excluding hydrogens is 156 g/mol. The number of fused-ring (bicyclic) bond motifs is 1. The maximum atomic E-state index is 2.55. The fraction of sp³-hybridized carbons (Fsp3) is 1.00. The van der Waals surface area contributed by atoms with E-state index in [0.29, 0.717) is 10.8 Å². The molecular formula is C13H26. The van der Waals surface area contributed by atoms with Crippen LogP contribution < -0.4 is 0 Å². The lowest BCUT2D eigenvalue weighted by atomic mass is 9.52. The van der Waals surface area contributed by atoms with E-state index in [4.69, 9.17) is 0 Å². The lowest BCUT2D eigenvalue weighted by molar-refractivity contribution is -0.0261. The van der Waals surface area contributed by atoms with E-state index >= 15 is 0 Å². The third kappa shape index (κ3) is 1.65. The first-order valence-corrected chi connectivity index (χ1v) is 5.66. The minimum Gasteiger partial charge on any atom is -0.0776 e. The van der Waals surface area contributed by atoms with Crippen molar-refractivity contribution in [3.8, 4) is 0 Å². The van der Waals surface area contributed by atoms with Gasteiger partial charge in [0.25, 0.3) is 0 Å². The van der Waals surface area contributed by atoms with Crippen LogP contribution in [0.1, 0.15) is 72.6 Å². The van der Waals surface area contributed by atoms with Crippen molar-refractivity contribution in [2.45, 2.75) is 72.6 Å². The van der Waals surface area contributed by atoms with Crippen LogP contribution in [0.3, 0.4) is 0 Å². The van der Waals surface area contributed by atoms with E-state index in [-0.39, 0.29) is 7.43 Å². The molecule has 0 aromatic rings. The zero-order valence-electron chi connectivity index (χ0n) is 8.66. The van der Waals surface area contributed by atoms with E-state index in [1.54, 1.807) is 0 Å². The van der Waals surface area contributed by atoms with Crippen LogP contribution in [0, 0.1) is 10.8 Å². The van der Waals surface area contributed by atoms with Crippen LogP contribution in [0.25, 0.3) is 0 Å². The summed E-state index contributed by atoms with van der Waals surface area (Å²) < 4.78 is 0. The maximum absolute atomic E-state index is 2.55. The Morgan fingerprint density at radius 3 is 1.08 bits per heavy atom. The summed E-state index contributed by atoms with van der Waals surface area (Å²) in [4.78, 5) is 0. The molecule has 0 aliphatic heterocycles. The quantitative estimate of drug-likeness (QED) is 0.505. The van der Waals surface area contributed by atoms with Crippen LogP contribution in [-0.2, 0) is 0 Å². The number of hydrogen-bond acceptors (Lipinski definition) is 0. The summed E-state index contributed by atoms with van der Waals surface area (Å²) in [5.41, 5.74) is 1.42. The first-order valence-electron chi connectivity index (χ1n) is 5.66. The molecule has 0 saturated heterocycles. The Morgan fingerprint density at radius 2 is 0.846 bits per heavy atom. The van der Waals surface area contributed by atoms with Crippen molar-refractivity contribution >= 4 is 0 Å². The van der Waals surface area contributed by atoms with Gasteiger partial charge in [-0.1, -0.05) is 47.0 Å². The predicted molar refractivity (Wildman–Crippen MR) is 59.9 cm³/mol. The third-order valence-electron chi connectivity index (χ3n) is 4.87. The molecule has 0 heterocycles. The standard InChI is InChI=1S/C12H22.CH4/c1-11-7-3-5-9-12(11,2)10-6-4-8-11;/h3-10H2,1-2H3;1H4. The van der Waals surface area contributed by atoms with Gasteiger partial charge in [0.15, 0.2) is 0 Å². The van der Waals surface area contributed by atoms with E-state index in [2.05, 4.69) is 13.8 Å². The van der Waals surface area contributed by atoms with E-state index in [0.717, 1.165) is 0 Å². The number of hydrogen-bond donors (Lipinski definition) is 0. The van der Waals surface area contributed by atoms with E-state index in [1.807, 2.05) is 0 Å². The molecule has 0 aromatic carbocycles. The summed E-state index contributed by atoms with van der Waals surface area (Å²) in [6.07, 6.45) is 12.0. The second-order valence-corrected chi connectivity index (χ2v) is 5.54. The van der Waals surface area contributed by atoms with Gasteiger partial charge in [-0.25, -0.2) is 0 Å². The fourth-order valence-electron chi connectivity index (χ4n) is 3.52. The van der Waals surface area contributed by atoms with Gasteiger partial charge >= 0.3 is 0 Å². The minimum absolute atomic E-state index is 0. The SMILES string of the molecule is C.CC12CCCCC1(C)CCCC2. The fourth-order valence-corrected chi connectivity index (χ4v) is 3.52. The first-order chi connectivity index (χ1) is 5.66. The second kappa shape index (κ2) is 3.63. The van der Waals surface area contributed by atoms with Crippen molar-refractivity contribution in [3.63, 3.8) is 0 Å². The minimum atomic E-state index is 0. The molecule has 0 aromatic heterocycles. The summed E-state index contributed by atoms with van der Waals surface area (Å²) >= 11 is 0. The van der Waals surface area contributed by atoms with Gasteiger partial charge < -0.3 is 0 Å². The van der Waals surface area contributed by atoms with Gasteiger partial charge in [-0.05, 0) is 36.5 Å². The van der Waals surface area contributed by atoms with E-state index < -0.39 is 0 Å². The van der Waals surface area contributed by atoms with Gasteiger partial charge in [-0.15, -0.1) is 0 Å².